The molecule has 1 rings (SSSR count). The third-order valence-electron chi connectivity index (χ3n) is 3.72. The predicted octanol–water partition coefficient (Wildman–Crippen LogP) is 5.96. The van der Waals surface area contributed by atoms with Gasteiger partial charge in [0.1, 0.15) is 6.26 Å². The minimum absolute atomic E-state index is 0.0833. The summed E-state index contributed by atoms with van der Waals surface area (Å²) in [6.07, 6.45) is -17.6. The van der Waals surface area contributed by atoms with Crippen LogP contribution >= 0.6 is 0 Å². The van der Waals surface area contributed by atoms with Crippen molar-refractivity contribution in [2.45, 2.75) is 42.7 Å². The second-order valence-electron chi connectivity index (χ2n) is 5.78. The fourth-order valence-corrected chi connectivity index (χ4v) is 2.57. The highest BCUT2D eigenvalue weighted by Crippen LogP contribution is 2.58. The fourth-order valence-electron chi connectivity index (χ4n) is 2.15. The molecule has 16 heteroatoms. The van der Waals surface area contributed by atoms with Crippen molar-refractivity contribution in [2.24, 2.45) is 0 Å². The van der Waals surface area contributed by atoms with E-state index in [0.717, 1.165) is 0 Å². The molecule has 0 bridgehead atoms. The van der Waals surface area contributed by atoms with E-state index in [-0.39, 0.29) is 10.2 Å². The molecule has 0 fully saturated rings. The van der Waals surface area contributed by atoms with Crippen molar-refractivity contribution in [1.82, 2.24) is 0 Å². The van der Waals surface area contributed by atoms with E-state index in [2.05, 4.69) is 4.84 Å². The van der Waals surface area contributed by atoms with Gasteiger partial charge in [-0.05, 0) is 31.1 Å². The van der Waals surface area contributed by atoms with E-state index in [9.17, 15) is 52.5 Å². The lowest BCUT2D eigenvalue weighted by Crippen LogP contribution is -2.67. The Balaban J connectivity index is 3.09. The van der Waals surface area contributed by atoms with Crippen LogP contribution in [0.5, 0.6) is 0 Å². The molecule has 0 aliphatic carbocycles. The van der Waals surface area contributed by atoms with Crippen LogP contribution in [-0.4, -0.2) is 38.6 Å². The highest BCUT2D eigenvalue weighted by Gasteiger charge is 2.85. The topological polar surface area (TPSA) is 49.8 Å². The normalized spacial score (nSPS) is 15.2. The van der Waals surface area contributed by atoms with Gasteiger partial charge in [0.25, 0.3) is 16.9 Å². The Labute approximate surface area is 169 Å². The SMILES string of the molecule is O=S(O)N(OC=CCCC(F)(C(F)(F)C(F)(F)F)C(F)(F)C(F)(F)F)c1ccccc1. The molecule has 178 valence electrons. The van der Waals surface area contributed by atoms with E-state index in [1.165, 1.54) is 30.3 Å². The Kier molecular flexibility index (Phi) is 7.97. The highest BCUT2D eigenvalue weighted by molar-refractivity contribution is 7.80. The van der Waals surface area contributed by atoms with E-state index in [1.807, 2.05) is 0 Å². The lowest BCUT2D eigenvalue weighted by molar-refractivity contribution is -0.407. The van der Waals surface area contributed by atoms with Crippen molar-refractivity contribution >= 4 is 17.0 Å². The largest absolute Gasteiger partial charge is 0.457 e. The van der Waals surface area contributed by atoms with E-state index in [1.54, 1.807) is 0 Å². The van der Waals surface area contributed by atoms with Crippen LogP contribution in [0.1, 0.15) is 12.8 Å². The van der Waals surface area contributed by atoms with Crippen molar-refractivity contribution < 1.29 is 61.9 Å². The fraction of sp³-hybridized carbons (Fsp3) is 0.467. The first-order valence-electron chi connectivity index (χ1n) is 7.76. The van der Waals surface area contributed by atoms with Crippen molar-refractivity contribution in [3.63, 3.8) is 0 Å². The number of halogens is 11. The molecule has 0 aliphatic heterocycles. The van der Waals surface area contributed by atoms with Gasteiger partial charge in [-0.2, -0.15) is 43.9 Å². The third-order valence-corrected chi connectivity index (χ3v) is 4.31. The van der Waals surface area contributed by atoms with Crippen LogP contribution in [0.2, 0.25) is 0 Å². The second-order valence-corrected chi connectivity index (χ2v) is 6.58. The standard InChI is InChI=1S/C15H12F11NO3S/c16-11(12(17,18)14(21,22)23,13(19,20)15(24,25)26)8-4-5-9-30-27(31(28)29)10-6-2-1-3-7-10/h1-3,5-7,9H,4,8H2,(H,28,29). The quantitative estimate of drug-likeness (QED) is 0.199. The summed E-state index contributed by atoms with van der Waals surface area (Å²) in [5, 5.41) is 0. The van der Waals surface area contributed by atoms with Crippen LogP contribution in [0.4, 0.5) is 54.0 Å². The number of nitrogens with zero attached hydrogens (tertiary/aromatic N) is 1. The summed E-state index contributed by atoms with van der Waals surface area (Å²) in [6.45, 7) is 0. The predicted molar refractivity (Wildman–Crippen MR) is 85.0 cm³/mol. The Morgan fingerprint density at radius 1 is 0.871 bits per heavy atom. The van der Waals surface area contributed by atoms with Crippen molar-refractivity contribution in [2.75, 3.05) is 4.47 Å². The molecule has 1 N–H and O–H groups in total. The number of rotatable bonds is 9. The number of para-hydroxylation sites is 1. The third kappa shape index (κ3) is 5.39. The Bertz CT molecular complexity index is 755. The van der Waals surface area contributed by atoms with Crippen molar-refractivity contribution in [1.29, 1.82) is 0 Å². The number of anilines is 1. The second kappa shape index (κ2) is 9.18. The van der Waals surface area contributed by atoms with Crippen LogP contribution in [0.25, 0.3) is 0 Å². The number of hydrogen-bond donors (Lipinski definition) is 1. The maximum Gasteiger partial charge on any atom is 0.457 e. The van der Waals surface area contributed by atoms with Crippen LogP contribution < -0.4 is 4.47 Å². The van der Waals surface area contributed by atoms with E-state index in [0.29, 0.717) is 12.3 Å². The van der Waals surface area contributed by atoms with Gasteiger partial charge in [-0.1, -0.05) is 22.7 Å². The number of benzene rings is 1. The number of alkyl halides is 11. The molecule has 0 radical (unpaired) electrons. The lowest BCUT2D eigenvalue weighted by atomic mass is 9.84. The van der Waals surface area contributed by atoms with Gasteiger partial charge in [0.05, 0.1) is 5.69 Å². The van der Waals surface area contributed by atoms with Crippen LogP contribution in [0.3, 0.4) is 0 Å². The summed E-state index contributed by atoms with van der Waals surface area (Å²) in [5.74, 6) is -14.1. The minimum Gasteiger partial charge on any atom is -0.373 e. The van der Waals surface area contributed by atoms with Crippen LogP contribution in [0.15, 0.2) is 42.7 Å². The van der Waals surface area contributed by atoms with Gasteiger partial charge in [0, 0.05) is 0 Å². The molecule has 0 saturated heterocycles. The summed E-state index contributed by atoms with van der Waals surface area (Å²) in [4.78, 5) is 4.57. The zero-order valence-electron chi connectivity index (χ0n) is 14.7. The molecule has 31 heavy (non-hydrogen) atoms. The van der Waals surface area contributed by atoms with Crippen LogP contribution in [0, 0.1) is 0 Å². The van der Waals surface area contributed by atoms with Gasteiger partial charge >= 0.3 is 24.2 Å². The molecule has 0 heterocycles. The highest BCUT2D eigenvalue weighted by atomic mass is 32.2. The van der Waals surface area contributed by atoms with Gasteiger partial charge in [0.2, 0.25) is 0 Å². The summed E-state index contributed by atoms with van der Waals surface area (Å²) in [7, 11) is 0. The molecule has 0 spiro atoms. The van der Waals surface area contributed by atoms with Crippen molar-refractivity contribution in [3.05, 3.63) is 42.7 Å². The molecule has 0 aromatic heterocycles. The smallest absolute Gasteiger partial charge is 0.373 e. The average Bonchev–Trinajstić information content (AvgIpc) is 2.62. The summed E-state index contributed by atoms with van der Waals surface area (Å²) >= 11 is -2.88. The van der Waals surface area contributed by atoms with E-state index >= 15 is 0 Å². The van der Waals surface area contributed by atoms with Gasteiger partial charge in [-0.15, -0.1) is 0 Å². The summed E-state index contributed by atoms with van der Waals surface area (Å²) in [5.41, 5.74) is -6.47. The number of hydrogen-bond acceptors (Lipinski definition) is 2. The first kappa shape index (κ1) is 26.9. The van der Waals surface area contributed by atoms with E-state index < -0.39 is 54.0 Å². The summed E-state index contributed by atoms with van der Waals surface area (Å²) < 4.78 is 163. The monoisotopic (exact) mass is 495 g/mol. The lowest BCUT2D eigenvalue weighted by Gasteiger charge is -2.40. The maximum absolute atomic E-state index is 14.2. The Hall–Kier alpha value is -2.10. The molecule has 0 amide bonds. The molecule has 4 nitrogen and oxygen atoms in total. The van der Waals surface area contributed by atoms with E-state index in [4.69, 9.17) is 4.55 Å². The molecule has 1 aromatic rings. The number of allylic oxidation sites excluding steroid dienone is 1. The minimum atomic E-state index is -7.07. The van der Waals surface area contributed by atoms with Gasteiger partial charge in [-0.25, -0.2) is 8.60 Å². The molecule has 1 aromatic carbocycles. The first-order chi connectivity index (χ1) is 13.9. The molecule has 1 unspecified atom stereocenters. The molecule has 0 aliphatic rings. The molecule has 1 atom stereocenters. The van der Waals surface area contributed by atoms with Crippen LogP contribution in [-0.2, 0) is 16.1 Å². The van der Waals surface area contributed by atoms with Gasteiger partial charge in [0.15, 0.2) is 0 Å². The maximum atomic E-state index is 14.2. The van der Waals surface area contributed by atoms with Gasteiger partial charge in [-0.3, -0.25) is 4.55 Å². The molecular formula is C15H12F11NO3S. The zero-order valence-corrected chi connectivity index (χ0v) is 15.5. The van der Waals surface area contributed by atoms with Gasteiger partial charge < -0.3 is 4.84 Å². The molecular weight excluding hydrogens is 483 g/mol. The van der Waals surface area contributed by atoms with Crippen molar-refractivity contribution in [3.8, 4) is 0 Å². The Morgan fingerprint density at radius 2 is 1.32 bits per heavy atom. The average molecular weight is 495 g/mol. The first-order valence-corrected chi connectivity index (χ1v) is 8.82. The Morgan fingerprint density at radius 3 is 1.71 bits per heavy atom. The summed E-state index contributed by atoms with van der Waals surface area (Å²) in [6, 6.07) is 6.68. The zero-order chi connectivity index (χ0) is 24.3. The molecule has 0 saturated carbocycles.